The third-order valence-corrected chi connectivity index (χ3v) is 8.10. The van der Waals surface area contributed by atoms with Crippen LogP contribution in [0.15, 0.2) is 52.4 Å². The number of sulfonamides is 1. The van der Waals surface area contributed by atoms with E-state index in [2.05, 4.69) is 10.3 Å². The lowest BCUT2D eigenvalue weighted by molar-refractivity contribution is 0.00797. The van der Waals surface area contributed by atoms with Crippen molar-refractivity contribution in [1.82, 2.24) is 14.6 Å². The van der Waals surface area contributed by atoms with E-state index >= 15 is 0 Å². The van der Waals surface area contributed by atoms with E-state index in [1.165, 1.54) is 23.0 Å². The fourth-order valence-corrected chi connectivity index (χ4v) is 6.45. The van der Waals surface area contributed by atoms with Gasteiger partial charge in [0.25, 0.3) is 5.91 Å². The molecule has 2 bridgehead atoms. The number of nitrogens with one attached hydrogen (secondary N) is 1. The van der Waals surface area contributed by atoms with Gasteiger partial charge in [-0.15, -0.1) is 0 Å². The molecule has 5 rings (SSSR count). The topological polar surface area (TPSA) is 102 Å². The maximum atomic E-state index is 13.0. The number of aromatic nitrogens is 1. The van der Waals surface area contributed by atoms with Crippen molar-refractivity contribution in [2.24, 2.45) is 11.8 Å². The standard InChI is InChI=1S/C19H21N3O5S/c23-18(13-4-7-26-11-13)21-9-15-16-10-22(12-19(16)5-3-17(15)27-19)28(24,25)14-2-1-6-20-8-14/h1-2,4,6-8,11,15-17H,3,5,9-10,12H2,(H,21,23)/t15-,16+,17+,19+/m0/s1. The molecule has 1 amide bonds. The van der Waals surface area contributed by atoms with Crippen LogP contribution in [0, 0.1) is 11.8 Å². The summed E-state index contributed by atoms with van der Waals surface area (Å²) in [5.41, 5.74) is 0.0383. The summed E-state index contributed by atoms with van der Waals surface area (Å²) in [6, 6.07) is 4.80. The highest BCUT2D eigenvalue weighted by molar-refractivity contribution is 7.89. The molecule has 5 heterocycles. The monoisotopic (exact) mass is 403 g/mol. The molecule has 3 fully saturated rings. The highest BCUT2D eigenvalue weighted by Gasteiger charge is 2.64. The molecule has 28 heavy (non-hydrogen) atoms. The van der Waals surface area contributed by atoms with E-state index in [-0.39, 0.29) is 28.7 Å². The average molecular weight is 403 g/mol. The summed E-state index contributed by atoms with van der Waals surface area (Å²) in [5, 5.41) is 2.95. The van der Waals surface area contributed by atoms with Crippen molar-refractivity contribution in [3.05, 3.63) is 48.7 Å². The normalized spacial score (nSPS) is 31.8. The summed E-state index contributed by atoms with van der Waals surface area (Å²) in [6.07, 6.45) is 7.62. The quantitative estimate of drug-likeness (QED) is 0.807. The fraction of sp³-hybridized carbons (Fsp3) is 0.474. The predicted molar refractivity (Wildman–Crippen MR) is 97.9 cm³/mol. The van der Waals surface area contributed by atoms with E-state index in [0.717, 1.165) is 12.8 Å². The van der Waals surface area contributed by atoms with Crippen LogP contribution in [0.2, 0.25) is 0 Å². The van der Waals surface area contributed by atoms with Gasteiger partial charge in [-0.2, -0.15) is 4.31 Å². The Hall–Kier alpha value is -2.23. The summed E-state index contributed by atoms with van der Waals surface area (Å²) < 4.78 is 38.8. The second kappa shape index (κ2) is 6.40. The van der Waals surface area contributed by atoms with Crippen LogP contribution in [0.25, 0.3) is 0 Å². The van der Waals surface area contributed by atoms with Crippen LogP contribution in [0.1, 0.15) is 23.2 Å². The van der Waals surface area contributed by atoms with Crippen molar-refractivity contribution in [1.29, 1.82) is 0 Å². The smallest absolute Gasteiger partial charge is 0.254 e. The Labute approximate surface area is 162 Å². The first-order valence-corrected chi connectivity index (χ1v) is 10.8. The Morgan fingerprint density at radius 2 is 2.29 bits per heavy atom. The molecule has 4 atom stereocenters. The molecule has 2 aromatic heterocycles. The first-order chi connectivity index (χ1) is 13.5. The first kappa shape index (κ1) is 17.8. The Bertz CT molecular complexity index is 978. The molecule has 8 nitrogen and oxygen atoms in total. The number of fused-ring (bicyclic) bond motifs is 1. The number of amides is 1. The molecule has 0 aliphatic carbocycles. The molecule has 0 unspecified atom stereocenters. The number of pyridine rings is 1. The number of furan rings is 1. The molecule has 2 aromatic rings. The Morgan fingerprint density at radius 1 is 1.39 bits per heavy atom. The zero-order valence-electron chi connectivity index (χ0n) is 15.2. The van der Waals surface area contributed by atoms with Gasteiger partial charge in [0.05, 0.1) is 23.5 Å². The zero-order valence-corrected chi connectivity index (χ0v) is 16.0. The lowest BCUT2D eigenvalue weighted by atomic mass is 9.73. The molecule has 0 saturated carbocycles. The number of hydrogen-bond donors (Lipinski definition) is 1. The Balaban J connectivity index is 1.33. The molecule has 3 saturated heterocycles. The lowest BCUT2D eigenvalue weighted by Crippen LogP contribution is -2.41. The van der Waals surface area contributed by atoms with Crippen molar-refractivity contribution >= 4 is 15.9 Å². The number of ether oxygens (including phenoxy) is 1. The average Bonchev–Trinajstić information content (AvgIpc) is 3.47. The predicted octanol–water partition coefficient (Wildman–Crippen LogP) is 1.27. The minimum Gasteiger partial charge on any atom is -0.472 e. The highest BCUT2D eigenvalue weighted by Crippen LogP contribution is 2.55. The van der Waals surface area contributed by atoms with Crippen LogP contribution in [0.4, 0.5) is 0 Å². The molecular weight excluding hydrogens is 382 g/mol. The van der Waals surface area contributed by atoms with Crippen molar-refractivity contribution in [2.45, 2.75) is 29.4 Å². The van der Waals surface area contributed by atoms with Gasteiger partial charge in [0, 0.05) is 43.9 Å². The Morgan fingerprint density at radius 3 is 3.04 bits per heavy atom. The molecule has 3 aliphatic rings. The van der Waals surface area contributed by atoms with Gasteiger partial charge in [-0.05, 0) is 31.0 Å². The van der Waals surface area contributed by atoms with Gasteiger partial charge >= 0.3 is 0 Å². The van der Waals surface area contributed by atoms with Gasteiger partial charge in [-0.1, -0.05) is 0 Å². The van der Waals surface area contributed by atoms with Crippen molar-refractivity contribution in [3.63, 3.8) is 0 Å². The number of rotatable bonds is 5. The van der Waals surface area contributed by atoms with Gasteiger partial charge in [-0.25, -0.2) is 8.42 Å². The van der Waals surface area contributed by atoms with Crippen LogP contribution >= 0.6 is 0 Å². The number of carbonyl (C=O) groups excluding carboxylic acids is 1. The van der Waals surface area contributed by atoms with E-state index in [9.17, 15) is 13.2 Å². The zero-order chi connectivity index (χ0) is 19.4. The van der Waals surface area contributed by atoms with Crippen molar-refractivity contribution < 1.29 is 22.4 Å². The summed E-state index contributed by atoms with van der Waals surface area (Å²) in [6.45, 7) is 1.22. The highest BCUT2D eigenvalue weighted by atomic mass is 32.2. The van der Waals surface area contributed by atoms with E-state index in [0.29, 0.717) is 25.2 Å². The minimum absolute atomic E-state index is 0.0675. The van der Waals surface area contributed by atoms with Crippen molar-refractivity contribution in [3.8, 4) is 0 Å². The van der Waals surface area contributed by atoms with Gasteiger partial charge in [0.2, 0.25) is 10.0 Å². The second-order valence-electron chi connectivity index (χ2n) is 7.74. The van der Waals surface area contributed by atoms with Gasteiger partial charge in [0.1, 0.15) is 11.2 Å². The molecular formula is C19H21N3O5S. The van der Waals surface area contributed by atoms with E-state index in [4.69, 9.17) is 9.15 Å². The van der Waals surface area contributed by atoms with Crippen LogP contribution < -0.4 is 5.32 Å². The summed E-state index contributed by atoms with van der Waals surface area (Å²) >= 11 is 0. The van der Waals surface area contributed by atoms with Gasteiger partial charge in [-0.3, -0.25) is 9.78 Å². The number of carbonyl (C=O) groups is 1. The molecule has 148 valence electrons. The molecule has 1 N–H and O–H groups in total. The molecule has 1 spiro atoms. The third-order valence-electron chi connectivity index (χ3n) is 6.31. The third kappa shape index (κ3) is 2.68. The van der Waals surface area contributed by atoms with Crippen LogP contribution in [0.3, 0.4) is 0 Å². The molecule has 3 aliphatic heterocycles. The van der Waals surface area contributed by atoms with E-state index in [1.54, 1.807) is 24.4 Å². The second-order valence-corrected chi connectivity index (χ2v) is 9.68. The fourth-order valence-electron chi connectivity index (χ4n) is 4.96. The lowest BCUT2D eigenvalue weighted by Gasteiger charge is -2.29. The van der Waals surface area contributed by atoms with Gasteiger partial charge in [0.15, 0.2) is 0 Å². The van der Waals surface area contributed by atoms with E-state index < -0.39 is 15.6 Å². The molecule has 9 heteroatoms. The number of hydrogen-bond acceptors (Lipinski definition) is 6. The number of nitrogens with zero attached hydrogens (tertiary/aromatic N) is 2. The van der Waals surface area contributed by atoms with Crippen LogP contribution in [-0.2, 0) is 14.8 Å². The summed E-state index contributed by atoms with van der Waals surface area (Å²) in [5.74, 6) is -0.0237. The van der Waals surface area contributed by atoms with E-state index in [1.807, 2.05) is 0 Å². The summed E-state index contributed by atoms with van der Waals surface area (Å²) in [4.78, 5) is 16.4. The Kier molecular flexibility index (Phi) is 4.08. The van der Waals surface area contributed by atoms with Gasteiger partial charge < -0.3 is 14.5 Å². The first-order valence-electron chi connectivity index (χ1n) is 9.38. The minimum atomic E-state index is -3.61. The van der Waals surface area contributed by atoms with Crippen LogP contribution in [-0.4, -0.2) is 55.0 Å². The summed E-state index contributed by atoms with van der Waals surface area (Å²) in [7, 11) is -3.61. The van der Waals surface area contributed by atoms with Crippen LogP contribution in [0.5, 0.6) is 0 Å². The maximum Gasteiger partial charge on any atom is 0.254 e. The van der Waals surface area contributed by atoms with Crippen molar-refractivity contribution in [2.75, 3.05) is 19.6 Å². The SMILES string of the molecule is O=C(NC[C@H]1[C@H]2CN(S(=O)(=O)c3cccnc3)C[C@]23CC[C@H]1O3)c1ccoc1. The molecule has 0 radical (unpaired) electrons. The maximum absolute atomic E-state index is 13.0. The largest absolute Gasteiger partial charge is 0.472 e. The molecule has 0 aromatic carbocycles.